The van der Waals surface area contributed by atoms with Gasteiger partial charge in [-0.3, -0.25) is 0 Å². The second-order valence-corrected chi connectivity index (χ2v) is 7.52. The Kier molecular flexibility index (Phi) is 4.69. The van der Waals surface area contributed by atoms with Crippen LogP contribution >= 0.6 is 0 Å². The zero-order valence-corrected chi connectivity index (χ0v) is 16.0. The third-order valence-corrected chi connectivity index (χ3v) is 5.64. The molecule has 0 bridgehead atoms. The van der Waals surface area contributed by atoms with Crippen molar-refractivity contribution < 1.29 is 0 Å². The second-order valence-electron chi connectivity index (χ2n) is 7.52. The molecule has 27 heavy (non-hydrogen) atoms. The van der Waals surface area contributed by atoms with E-state index in [2.05, 4.69) is 123 Å². The maximum absolute atomic E-state index is 2.36. The highest BCUT2D eigenvalue weighted by Crippen LogP contribution is 2.12. The van der Waals surface area contributed by atoms with E-state index in [1.165, 1.54) is 33.0 Å². The molecule has 1 heteroatoms. The minimum atomic E-state index is -1.25. The van der Waals surface area contributed by atoms with E-state index in [-0.39, 0.29) is 0 Å². The van der Waals surface area contributed by atoms with Crippen molar-refractivity contribution in [2.24, 2.45) is 0 Å². The molecule has 0 N–H and O–H groups in total. The fourth-order valence-corrected chi connectivity index (χ4v) is 4.64. The molecule has 4 rings (SSSR count). The van der Waals surface area contributed by atoms with Gasteiger partial charge in [0.15, 0.2) is 0 Å². The molecule has 0 spiro atoms. The van der Waals surface area contributed by atoms with Crippen LogP contribution in [0.4, 0.5) is 0 Å². The van der Waals surface area contributed by atoms with Crippen LogP contribution in [0.25, 0.3) is 0 Å². The van der Waals surface area contributed by atoms with Crippen molar-refractivity contribution in [3.8, 4) is 0 Å². The van der Waals surface area contributed by atoms with Gasteiger partial charge in [0.25, 0.3) is 0 Å². The summed E-state index contributed by atoms with van der Waals surface area (Å²) >= 11 is 0. The summed E-state index contributed by atoms with van der Waals surface area (Å²) in [4.78, 5) is 0. The molecule has 0 fully saturated rings. The lowest BCUT2D eigenvalue weighted by Gasteiger charge is -2.44. The summed E-state index contributed by atoms with van der Waals surface area (Å²) in [5, 5.41) is 0. The first-order valence-electron chi connectivity index (χ1n) is 9.62. The first kappa shape index (κ1) is 17.4. The molecule has 0 aliphatic rings. The first-order valence-corrected chi connectivity index (χ1v) is 9.62. The van der Waals surface area contributed by atoms with E-state index in [1.54, 1.807) is 0 Å². The molecular formula is C26H24B-. The molecule has 0 atom stereocenters. The van der Waals surface area contributed by atoms with Crippen LogP contribution in [0.15, 0.2) is 109 Å². The largest absolute Gasteiger partial charge is 0.195 e. The second kappa shape index (κ2) is 7.29. The van der Waals surface area contributed by atoms with Gasteiger partial charge < -0.3 is 0 Å². The molecule has 0 aliphatic carbocycles. The molecule has 132 valence electrons. The topological polar surface area (TPSA) is 0 Å². The van der Waals surface area contributed by atoms with Crippen molar-refractivity contribution in [3.05, 3.63) is 120 Å². The minimum Gasteiger partial charge on any atom is -0.195 e. The average Bonchev–Trinajstić information content (AvgIpc) is 2.70. The van der Waals surface area contributed by atoms with E-state index in [4.69, 9.17) is 0 Å². The Balaban J connectivity index is 2.16. The van der Waals surface area contributed by atoms with Crippen LogP contribution in [-0.2, 0) is 0 Å². The molecule has 0 radical (unpaired) electrons. The Bertz CT molecular complexity index is 905. The van der Waals surface area contributed by atoms with Gasteiger partial charge >= 0.3 is 0 Å². The summed E-state index contributed by atoms with van der Waals surface area (Å²) in [6.45, 7) is 4.39. The zero-order valence-electron chi connectivity index (χ0n) is 16.0. The monoisotopic (exact) mass is 347 g/mol. The fraction of sp³-hybridized carbons (Fsp3) is 0.0769. The Morgan fingerprint density at radius 3 is 1.07 bits per heavy atom. The van der Waals surface area contributed by atoms with Crippen molar-refractivity contribution in [2.75, 3.05) is 0 Å². The van der Waals surface area contributed by atoms with Crippen molar-refractivity contribution in [1.82, 2.24) is 0 Å². The van der Waals surface area contributed by atoms with Gasteiger partial charge in [-0.15, -0.1) is 0 Å². The molecule has 0 saturated heterocycles. The van der Waals surface area contributed by atoms with E-state index < -0.39 is 6.15 Å². The quantitative estimate of drug-likeness (QED) is 0.494. The van der Waals surface area contributed by atoms with Gasteiger partial charge in [0.2, 0.25) is 0 Å². The van der Waals surface area contributed by atoms with E-state index in [9.17, 15) is 0 Å². The first-order chi connectivity index (χ1) is 13.2. The van der Waals surface area contributed by atoms with Crippen molar-refractivity contribution in [3.63, 3.8) is 0 Å². The van der Waals surface area contributed by atoms with Gasteiger partial charge in [0, 0.05) is 0 Å². The van der Waals surface area contributed by atoms with Crippen LogP contribution in [0.3, 0.4) is 0 Å². The summed E-state index contributed by atoms with van der Waals surface area (Å²) in [6.07, 6.45) is -1.25. The molecule has 0 unspecified atom stereocenters. The molecule has 0 nitrogen and oxygen atoms in total. The predicted octanol–water partition coefficient (Wildman–Crippen LogP) is 3.68. The Morgan fingerprint density at radius 1 is 0.407 bits per heavy atom. The van der Waals surface area contributed by atoms with Crippen LogP contribution in [0.1, 0.15) is 11.1 Å². The highest BCUT2D eigenvalue weighted by atomic mass is 14.1. The fourth-order valence-electron chi connectivity index (χ4n) is 4.64. The van der Waals surface area contributed by atoms with Crippen LogP contribution in [0, 0.1) is 13.8 Å². The molecule has 0 amide bonds. The van der Waals surface area contributed by atoms with E-state index in [0.29, 0.717) is 0 Å². The highest BCUT2D eigenvalue weighted by molar-refractivity contribution is 7.19. The molecule has 0 aliphatic heterocycles. The summed E-state index contributed by atoms with van der Waals surface area (Å²) in [5.41, 5.74) is 8.02. The third-order valence-electron chi connectivity index (χ3n) is 5.64. The van der Waals surface area contributed by atoms with Crippen LogP contribution in [0.5, 0.6) is 0 Å². The van der Waals surface area contributed by atoms with E-state index in [0.717, 1.165) is 0 Å². The lowest BCUT2D eigenvalue weighted by Crippen LogP contribution is -2.74. The van der Waals surface area contributed by atoms with Crippen molar-refractivity contribution in [1.29, 1.82) is 0 Å². The Hall–Kier alpha value is -3.06. The van der Waals surface area contributed by atoms with Gasteiger partial charge in [0.1, 0.15) is 6.15 Å². The highest BCUT2D eigenvalue weighted by Gasteiger charge is 2.31. The van der Waals surface area contributed by atoms with Gasteiger partial charge in [0.05, 0.1) is 0 Å². The summed E-state index contributed by atoms with van der Waals surface area (Å²) < 4.78 is 0. The lowest BCUT2D eigenvalue weighted by molar-refractivity contribution is 1.40. The lowest BCUT2D eigenvalue weighted by atomic mass is 9.13. The van der Waals surface area contributed by atoms with Crippen molar-refractivity contribution in [2.45, 2.75) is 13.8 Å². The molecule has 0 heterocycles. The van der Waals surface area contributed by atoms with E-state index in [1.807, 2.05) is 0 Å². The maximum Gasteiger partial charge on any atom is 0.108 e. The van der Waals surface area contributed by atoms with Crippen LogP contribution in [-0.4, -0.2) is 6.15 Å². The number of hydrogen-bond donors (Lipinski definition) is 0. The third kappa shape index (κ3) is 3.10. The predicted molar refractivity (Wildman–Crippen MR) is 120 cm³/mol. The van der Waals surface area contributed by atoms with Gasteiger partial charge in [-0.2, -0.15) is 21.9 Å². The molecule has 0 saturated carbocycles. The summed E-state index contributed by atoms with van der Waals surface area (Å²) in [6, 6.07) is 39.8. The van der Waals surface area contributed by atoms with Crippen molar-refractivity contribution >= 4 is 28.0 Å². The van der Waals surface area contributed by atoms with Gasteiger partial charge in [-0.05, 0) is 13.8 Å². The number of benzene rings is 4. The Labute approximate surface area is 162 Å². The SMILES string of the molecule is Cc1cc(C)cc([B-](c2ccccc2)(c2ccccc2)c2ccccc2)c1. The molecule has 0 aromatic heterocycles. The van der Waals surface area contributed by atoms with Crippen LogP contribution < -0.4 is 21.9 Å². The molecule has 4 aromatic rings. The van der Waals surface area contributed by atoms with E-state index >= 15 is 0 Å². The van der Waals surface area contributed by atoms with Gasteiger partial charge in [-0.1, -0.05) is 120 Å². The normalized spacial score (nSPS) is 11.3. The molecule has 4 aromatic carbocycles. The number of rotatable bonds is 4. The summed E-state index contributed by atoms with van der Waals surface area (Å²) in [5.74, 6) is 0. The zero-order chi connectivity index (χ0) is 18.7. The van der Waals surface area contributed by atoms with Gasteiger partial charge in [-0.25, -0.2) is 0 Å². The number of aryl methyl sites for hydroxylation is 2. The Morgan fingerprint density at radius 2 is 0.741 bits per heavy atom. The minimum absolute atomic E-state index is 1.25. The maximum atomic E-state index is 2.36. The van der Waals surface area contributed by atoms with Crippen LogP contribution in [0.2, 0.25) is 0 Å². The summed E-state index contributed by atoms with van der Waals surface area (Å²) in [7, 11) is 0. The molecular weight excluding hydrogens is 323 g/mol. The average molecular weight is 347 g/mol. The number of hydrogen-bond acceptors (Lipinski definition) is 0. The smallest absolute Gasteiger partial charge is 0.108 e. The standard InChI is InChI=1S/C26H24B/c1-21-18-22(2)20-26(19-21)27(23-12-6-3-7-13-23,24-14-8-4-9-15-24)25-16-10-5-11-17-25/h3-20H,1-2H3/q-1.